The largest absolute Gasteiger partial charge is 0.496 e. The number of aromatic nitrogens is 3. The quantitative estimate of drug-likeness (QED) is 0.388. The molecule has 0 spiro atoms. The van der Waals surface area contributed by atoms with Crippen molar-refractivity contribution in [2.45, 2.75) is 20.3 Å². The van der Waals surface area contributed by atoms with Crippen molar-refractivity contribution in [1.82, 2.24) is 19.4 Å². The molecule has 0 bridgehead atoms. The Labute approximate surface area is 216 Å². The fraction of sp³-hybridized carbons (Fsp3) is 0.276. The number of imidazole rings is 1. The number of hydrogen-bond donors (Lipinski definition) is 0. The molecule has 1 aliphatic heterocycles. The Morgan fingerprint density at radius 2 is 1.70 bits per heavy atom. The number of carbonyl (C=O) groups excluding carboxylic acids is 1. The second-order valence-corrected chi connectivity index (χ2v) is 9.31. The van der Waals surface area contributed by atoms with E-state index in [1.54, 1.807) is 19.2 Å². The summed E-state index contributed by atoms with van der Waals surface area (Å²) in [4.78, 5) is 26.7. The second kappa shape index (κ2) is 10.4. The Kier molecular flexibility index (Phi) is 6.90. The van der Waals surface area contributed by atoms with Crippen LogP contribution >= 0.6 is 0 Å². The molecule has 1 saturated heterocycles. The van der Waals surface area contributed by atoms with Crippen molar-refractivity contribution in [3.63, 3.8) is 0 Å². The zero-order valence-corrected chi connectivity index (χ0v) is 21.3. The van der Waals surface area contributed by atoms with Gasteiger partial charge in [0.15, 0.2) is 0 Å². The molecule has 37 heavy (non-hydrogen) atoms. The molecule has 2 aromatic carbocycles. The number of methoxy groups -OCH3 is 1. The molecule has 1 amide bonds. The molecule has 1 aliphatic rings. The first-order chi connectivity index (χ1) is 17.9. The summed E-state index contributed by atoms with van der Waals surface area (Å²) in [6, 6.07) is 16.3. The van der Waals surface area contributed by atoms with Crippen LogP contribution in [0.3, 0.4) is 0 Å². The fourth-order valence-electron chi connectivity index (χ4n) is 4.55. The average Bonchev–Trinajstić information content (AvgIpc) is 3.33. The molecule has 0 N–H and O–H groups in total. The second-order valence-electron chi connectivity index (χ2n) is 9.31. The standard InChI is InChI=1S/C29H30FN5O2/c1-20-4-6-22(7-5-20)25-19-35(24-10-8-23(30)9-11-24)28(32-25)17-29(36)34-14-12-33(13-15-34)27-16-26(37-3)21(2)18-31-27/h4-11,16,18-19H,12-15,17H2,1-3H3. The van der Waals surface area contributed by atoms with Crippen molar-refractivity contribution in [1.29, 1.82) is 0 Å². The van der Waals surface area contributed by atoms with E-state index in [1.807, 2.05) is 66.0 Å². The van der Waals surface area contributed by atoms with Crippen LogP contribution in [-0.4, -0.2) is 58.6 Å². The molecule has 2 aromatic heterocycles. The van der Waals surface area contributed by atoms with Gasteiger partial charge < -0.3 is 19.1 Å². The molecular weight excluding hydrogens is 469 g/mol. The van der Waals surface area contributed by atoms with E-state index in [4.69, 9.17) is 9.72 Å². The minimum Gasteiger partial charge on any atom is -0.496 e. The molecule has 8 heteroatoms. The first-order valence-electron chi connectivity index (χ1n) is 12.4. The molecule has 3 heterocycles. The van der Waals surface area contributed by atoms with E-state index < -0.39 is 0 Å². The Morgan fingerprint density at radius 1 is 1.00 bits per heavy atom. The Hall–Kier alpha value is -4.20. The van der Waals surface area contributed by atoms with Crippen molar-refractivity contribution >= 4 is 11.7 Å². The number of amides is 1. The van der Waals surface area contributed by atoms with Crippen LogP contribution in [0.5, 0.6) is 5.75 Å². The number of aryl methyl sites for hydroxylation is 2. The number of pyridine rings is 1. The van der Waals surface area contributed by atoms with Gasteiger partial charge in [0.05, 0.1) is 19.2 Å². The number of benzene rings is 2. The van der Waals surface area contributed by atoms with Gasteiger partial charge in [-0.25, -0.2) is 14.4 Å². The van der Waals surface area contributed by atoms with Gasteiger partial charge in [-0.2, -0.15) is 0 Å². The van der Waals surface area contributed by atoms with Gasteiger partial charge in [-0.3, -0.25) is 4.79 Å². The highest BCUT2D eigenvalue weighted by atomic mass is 19.1. The van der Waals surface area contributed by atoms with E-state index in [0.717, 1.165) is 39.6 Å². The van der Waals surface area contributed by atoms with Gasteiger partial charge in [-0.1, -0.05) is 29.8 Å². The van der Waals surface area contributed by atoms with Crippen molar-refractivity contribution in [2.24, 2.45) is 0 Å². The van der Waals surface area contributed by atoms with E-state index >= 15 is 0 Å². The average molecular weight is 500 g/mol. The zero-order valence-electron chi connectivity index (χ0n) is 21.3. The van der Waals surface area contributed by atoms with Gasteiger partial charge in [0.2, 0.25) is 5.91 Å². The first kappa shape index (κ1) is 24.5. The molecule has 4 aromatic rings. The number of nitrogens with zero attached hydrogens (tertiary/aromatic N) is 5. The van der Waals surface area contributed by atoms with Crippen molar-refractivity contribution in [3.8, 4) is 22.7 Å². The predicted molar refractivity (Wildman–Crippen MR) is 142 cm³/mol. The van der Waals surface area contributed by atoms with Crippen LogP contribution in [0.4, 0.5) is 10.2 Å². The van der Waals surface area contributed by atoms with Gasteiger partial charge in [0, 0.05) is 61.5 Å². The lowest BCUT2D eigenvalue weighted by molar-refractivity contribution is -0.130. The molecule has 0 unspecified atom stereocenters. The Morgan fingerprint density at radius 3 is 2.38 bits per heavy atom. The van der Waals surface area contributed by atoms with E-state index in [2.05, 4.69) is 9.88 Å². The van der Waals surface area contributed by atoms with Crippen molar-refractivity contribution in [3.05, 3.63) is 89.8 Å². The third-order valence-electron chi connectivity index (χ3n) is 6.76. The summed E-state index contributed by atoms with van der Waals surface area (Å²) in [5.41, 5.74) is 4.66. The molecular formula is C29H30FN5O2. The molecule has 0 aliphatic carbocycles. The monoisotopic (exact) mass is 499 g/mol. The van der Waals surface area contributed by atoms with Crippen LogP contribution in [0.25, 0.3) is 16.9 Å². The van der Waals surface area contributed by atoms with Crippen molar-refractivity contribution in [2.75, 3.05) is 38.2 Å². The summed E-state index contributed by atoms with van der Waals surface area (Å²) in [6.07, 6.45) is 3.88. The number of carbonyl (C=O) groups is 1. The Balaban J connectivity index is 1.33. The minimum absolute atomic E-state index is 0.0125. The van der Waals surface area contributed by atoms with Crippen LogP contribution in [0, 0.1) is 19.7 Å². The number of piperazine rings is 1. The third kappa shape index (κ3) is 5.33. The summed E-state index contributed by atoms with van der Waals surface area (Å²) in [7, 11) is 1.66. The van der Waals surface area contributed by atoms with Crippen LogP contribution < -0.4 is 9.64 Å². The van der Waals surface area contributed by atoms with Gasteiger partial charge in [0.1, 0.15) is 23.2 Å². The molecule has 7 nitrogen and oxygen atoms in total. The normalized spacial score (nSPS) is 13.6. The highest BCUT2D eigenvalue weighted by molar-refractivity contribution is 5.79. The number of rotatable bonds is 6. The SMILES string of the molecule is COc1cc(N2CCN(C(=O)Cc3nc(-c4ccc(C)cc4)cn3-c3ccc(F)cc3)CC2)ncc1C. The zero-order chi connectivity index (χ0) is 25.9. The van der Waals surface area contributed by atoms with Crippen molar-refractivity contribution < 1.29 is 13.9 Å². The summed E-state index contributed by atoms with van der Waals surface area (Å²) in [6.45, 7) is 6.57. The van der Waals surface area contributed by atoms with E-state index in [0.29, 0.717) is 32.0 Å². The number of anilines is 1. The van der Waals surface area contributed by atoms with Crippen LogP contribution in [0.1, 0.15) is 17.0 Å². The molecule has 190 valence electrons. The van der Waals surface area contributed by atoms with E-state index in [-0.39, 0.29) is 18.1 Å². The lowest BCUT2D eigenvalue weighted by Crippen LogP contribution is -2.49. The fourth-order valence-corrected chi connectivity index (χ4v) is 4.55. The van der Waals surface area contributed by atoms with E-state index in [1.165, 1.54) is 12.1 Å². The summed E-state index contributed by atoms with van der Waals surface area (Å²) in [5, 5.41) is 0. The summed E-state index contributed by atoms with van der Waals surface area (Å²) in [5.74, 6) is 1.99. The van der Waals surface area contributed by atoms with Crippen LogP contribution in [0.2, 0.25) is 0 Å². The Bertz CT molecular complexity index is 1390. The number of hydrogen-bond acceptors (Lipinski definition) is 5. The molecule has 0 radical (unpaired) electrons. The highest BCUT2D eigenvalue weighted by Gasteiger charge is 2.24. The topological polar surface area (TPSA) is 63.5 Å². The maximum atomic E-state index is 13.6. The summed E-state index contributed by atoms with van der Waals surface area (Å²) >= 11 is 0. The lowest BCUT2D eigenvalue weighted by atomic mass is 10.1. The number of ether oxygens (including phenoxy) is 1. The molecule has 0 saturated carbocycles. The van der Waals surface area contributed by atoms with Gasteiger partial charge in [-0.05, 0) is 38.1 Å². The van der Waals surface area contributed by atoms with Crippen LogP contribution in [0.15, 0.2) is 67.0 Å². The van der Waals surface area contributed by atoms with E-state index in [9.17, 15) is 9.18 Å². The summed E-state index contributed by atoms with van der Waals surface area (Å²) < 4.78 is 20.9. The van der Waals surface area contributed by atoms with Gasteiger partial charge in [-0.15, -0.1) is 0 Å². The lowest BCUT2D eigenvalue weighted by Gasteiger charge is -2.35. The third-order valence-corrected chi connectivity index (χ3v) is 6.76. The smallest absolute Gasteiger partial charge is 0.230 e. The molecule has 1 fully saturated rings. The van der Waals surface area contributed by atoms with Gasteiger partial charge in [0.25, 0.3) is 0 Å². The van der Waals surface area contributed by atoms with Gasteiger partial charge >= 0.3 is 0 Å². The number of halogens is 1. The highest BCUT2D eigenvalue weighted by Crippen LogP contribution is 2.25. The molecule has 0 atom stereocenters. The maximum absolute atomic E-state index is 13.6. The predicted octanol–water partition coefficient (Wildman–Crippen LogP) is 4.59. The maximum Gasteiger partial charge on any atom is 0.230 e. The first-order valence-corrected chi connectivity index (χ1v) is 12.4. The minimum atomic E-state index is -0.307. The molecule has 5 rings (SSSR count). The van der Waals surface area contributed by atoms with Crippen LogP contribution in [-0.2, 0) is 11.2 Å².